The van der Waals surface area contributed by atoms with Crippen molar-refractivity contribution in [3.63, 3.8) is 0 Å². The van der Waals surface area contributed by atoms with Crippen molar-refractivity contribution >= 4 is 0 Å². The van der Waals surface area contributed by atoms with Crippen molar-refractivity contribution in [3.05, 3.63) is 0 Å². The highest BCUT2D eigenvalue weighted by molar-refractivity contribution is 4.47. The monoisotopic (exact) mass is 376 g/mol. The molecule has 0 radical (unpaired) electrons. The maximum Gasteiger partial charge on any atom is 0.0431 e. The molecule has 0 amide bonds. The van der Waals surface area contributed by atoms with Crippen LogP contribution in [0.25, 0.3) is 0 Å². The van der Waals surface area contributed by atoms with Crippen LogP contribution < -0.4 is 0 Å². The zero-order valence-corrected chi connectivity index (χ0v) is 17.3. The molecule has 0 aromatic rings. The molecule has 0 bridgehead atoms. The van der Waals surface area contributed by atoms with E-state index in [0.717, 1.165) is 25.7 Å². The van der Waals surface area contributed by atoms with Crippen molar-refractivity contribution < 1.29 is 20.4 Å². The highest BCUT2D eigenvalue weighted by Crippen LogP contribution is 2.10. The number of hydrogen-bond acceptors (Lipinski definition) is 4. The molecule has 0 heterocycles. The summed E-state index contributed by atoms with van der Waals surface area (Å²) in [5, 5.41) is 34.2. The first kappa shape index (κ1) is 28.1. The van der Waals surface area contributed by atoms with Crippen LogP contribution in [0.5, 0.6) is 0 Å². The second-order valence-electron chi connectivity index (χ2n) is 7.26. The van der Waals surface area contributed by atoms with Gasteiger partial charge in [-0.1, -0.05) is 89.9 Å². The maximum absolute atomic E-state index is 8.54. The van der Waals surface area contributed by atoms with E-state index in [2.05, 4.69) is 0 Å². The highest BCUT2D eigenvalue weighted by atomic mass is 16.3. The summed E-state index contributed by atoms with van der Waals surface area (Å²) in [4.78, 5) is 0. The Hall–Kier alpha value is -0.160. The van der Waals surface area contributed by atoms with Crippen LogP contribution in [0.15, 0.2) is 0 Å². The molecule has 0 rings (SSSR count). The normalized spacial score (nSPS) is 10.6. The molecule has 160 valence electrons. The summed E-state index contributed by atoms with van der Waals surface area (Å²) in [7, 11) is 0. The van der Waals surface area contributed by atoms with E-state index in [0.29, 0.717) is 26.4 Å². The van der Waals surface area contributed by atoms with Crippen LogP contribution in [-0.2, 0) is 0 Å². The van der Waals surface area contributed by atoms with Gasteiger partial charge in [-0.3, -0.25) is 0 Å². The summed E-state index contributed by atoms with van der Waals surface area (Å²) in [5.74, 6) is 0. The molecule has 0 aromatic carbocycles. The van der Waals surface area contributed by atoms with E-state index < -0.39 is 0 Å². The van der Waals surface area contributed by atoms with Gasteiger partial charge in [0.2, 0.25) is 0 Å². The van der Waals surface area contributed by atoms with Crippen LogP contribution >= 0.6 is 0 Å². The fraction of sp³-hybridized carbons (Fsp3) is 1.00. The number of hydrogen-bond donors (Lipinski definition) is 4. The molecule has 0 atom stereocenters. The van der Waals surface area contributed by atoms with Gasteiger partial charge in [0.15, 0.2) is 0 Å². The molecule has 4 heteroatoms. The number of aliphatic hydroxyl groups excluding tert-OH is 4. The Morgan fingerprint density at radius 1 is 0.192 bits per heavy atom. The molecule has 0 unspecified atom stereocenters. The first-order valence-corrected chi connectivity index (χ1v) is 11.3. The Morgan fingerprint density at radius 2 is 0.308 bits per heavy atom. The zero-order chi connectivity index (χ0) is 19.6. The molecule has 4 nitrogen and oxygen atoms in total. The number of rotatable bonds is 20. The van der Waals surface area contributed by atoms with Crippen molar-refractivity contribution in [1.82, 2.24) is 0 Å². The average molecular weight is 377 g/mol. The van der Waals surface area contributed by atoms with Gasteiger partial charge in [0, 0.05) is 26.4 Å². The highest BCUT2D eigenvalue weighted by Gasteiger charge is 1.92. The third-order valence-corrected chi connectivity index (χ3v) is 4.63. The Kier molecular flexibility index (Phi) is 31.9. The second kappa shape index (κ2) is 29.6. The lowest BCUT2D eigenvalue weighted by Crippen LogP contribution is -1.85. The summed E-state index contributed by atoms with van der Waals surface area (Å²) in [6, 6.07) is 0. The van der Waals surface area contributed by atoms with Crippen LogP contribution in [-0.4, -0.2) is 46.9 Å². The van der Waals surface area contributed by atoms with Crippen molar-refractivity contribution in [1.29, 1.82) is 0 Å². The van der Waals surface area contributed by atoms with Gasteiger partial charge in [-0.25, -0.2) is 0 Å². The van der Waals surface area contributed by atoms with E-state index in [-0.39, 0.29) is 0 Å². The minimum absolute atomic E-state index is 0.344. The van der Waals surface area contributed by atoms with Crippen LogP contribution in [0.1, 0.15) is 116 Å². The fourth-order valence-electron chi connectivity index (χ4n) is 2.92. The molecule has 4 N–H and O–H groups in total. The molecular weight excluding hydrogens is 328 g/mol. The van der Waals surface area contributed by atoms with Crippen LogP contribution in [0, 0.1) is 0 Å². The van der Waals surface area contributed by atoms with E-state index >= 15 is 0 Å². The molecule has 0 fully saturated rings. The summed E-state index contributed by atoms with van der Waals surface area (Å²) in [6.07, 6.45) is 21.5. The topological polar surface area (TPSA) is 80.9 Å². The van der Waals surface area contributed by atoms with E-state index in [1.165, 1.54) is 89.9 Å². The lowest BCUT2D eigenvalue weighted by molar-refractivity contribution is 0.280. The summed E-state index contributed by atoms with van der Waals surface area (Å²) < 4.78 is 0. The van der Waals surface area contributed by atoms with Crippen molar-refractivity contribution in [3.8, 4) is 0 Å². The molecule has 0 spiro atoms. The molecule has 26 heavy (non-hydrogen) atoms. The minimum Gasteiger partial charge on any atom is -0.396 e. The molecule has 0 saturated carbocycles. The average Bonchev–Trinajstić information content (AvgIpc) is 2.66. The summed E-state index contributed by atoms with van der Waals surface area (Å²) in [6.45, 7) is 1.38. The summed E-state index contributed by atoms with van der Waals surface area (Å²) >= 11 is 0. The Balaban J connectivity index is 0. The first-order chi connectivity index (χ1) is 12.8. The van der Waals surface area contributed by atoms with Crippen LogP contribution in [0.3, 0.4) is 0 Å². The van der Waals surface area contributed by atoms with Gasteiger partial charge < -0.3 is 20.4 Å². The quantitative estimate of drug-likeness (QED) is 0.226. The fourth-order valence-corrected chi connectivity index (χ4v) is 2.92. The Morgan fingerprint density at radius 3 is 0.423 bits per heavy atom. The van der Waals surface area contributed by atoms with Gasteiger partial charge in [0.25, 0.3) is 0 Å². The van der Waals surface area contributed by atoms with Gasteiger partial charge in [-0.15, -0.1) is 0 Å². The van der Waals surface area contributed by atoms with Gasteiger partial charge in [0.1, 0.15) is 0 Å². The van der Waals surface area contributed by atoms with Crippen LogP contribution in [0.2, 0.25) is 0 Å². The van der Waals surface area contributed by atoms with Gasteiger partial charge in [0.05, 0.1) is 0 Å². The third kappa shape index (κ3) is 31.6. The SMILES string of the molecule is OCCCCCCCCCCCO.OCCCCCCCCCCCO. The molecular formula is C22H48O4. The molecule has 0 aromatic heterocycles. The second-order valence-corrected chi connectivity index (χ2v) is 7.26. The largest absolute Gasteiger partial charge is 0.396 e. The smallest absolute Gasteiger partial charge is 0.0431 e. The lowest BCUT2D eigenvalue weighted by Gasteiger charge is -2.00. The number of unbranched alkanes of at least 4 members (excludes halogenated alkanes) is 16. The number of aliphatic hydroxyl groups is 4. The Bertz CT molecular complexity index is 170. The third-order valence-electron chi connectivity index (χ3n) is 4.63. The molecule has 0 aliphatic rings. The van der Waals surface area contributed by atoms with E-state index in [4.69, 9.17) is 20.4 Å². The Labute approximate surface area is 163 Å². The van der Waals surface area contributed by atoms with Crippen molar-refractivity contribution in [2.75, 3.05) is 26.4 Å². The molecule has 0 aliphatic heterocycles. The molecule has 0 aliphatic carbocycles. The van der Waals surface area contributed by atoms with Crippen LogP contribution in [0.4, 0.5) is 0 Å². The van der Waals surface area contributed by atoms with E-state index in [1.807, 2.05) is 0 Å². The maximum atomic E-state index is 8.54. The summed E-state index contributed by atoms with van der Waals surface area (Å²) in [5.41, 5.74) is 0. The standard InChI is InChI=1S/2C11H24O2/c2*12-10-8-6-4-2-1-3-5-7-9-11-13/h2*12-13H,1-11H2. The minimum atomic E-state index is 0.344. The van der Waals surface area contributed by atoms with E-state index in [9.17, 15) is 0 Å². The predicted octanol–water partition coefficient (Wildman–Crippen LogP) is 4.96. The lowest BCUT2D eigenvalue weighted by atomic mass is 10.1. The molecule has 0 saturated heterocycles. The van der Waals surface area contributed by atoms with Gasteiger partial charge >= 0.3 is 0 Å². The van der Waals surface area contributed by atoms with Gasteiger partial charge in [-0.05, 0) is 25.7 Å². The zero-order valence-electron chi connectivity index (χ0n) is 17.3. The predicted molar refractivity (Wildman–Crippen MR) is 111 cm³/mol. The van der Waals surface area contributed by atoms with Crippen molar-refractivity contribution in [2.24, 2.45) is 0 Å². The first-order valence-electron chi connectivity index (χ1n) is 11.3. The van der Waals surface area contributed by atoms with Gasteiger partial charge in [-0.2, -0.15) is 0 Å². The van der Waals surface area contributed by atoms with Crippen molar-refractivity contribution in [2.45, 2.75) is 116 Å². The van der Waals surface area contributed by atoms with E-state index in [1.54, 1.807) is 0 Å².